The number of benzene rings is 2. The molecular formula is C16H16N2O. The van der Waals surface area contributed by atoms with Gasteiger partial charge in [0.1, 0.15) is 5.70 Å². The number of anilines is 1. The summed E-state index contributed by atoms with van der Waals surface area (Å²) >= 11 is 0. The highest BCUT2D eigenvalue weighted by Crippen LogP contribution is 2.17. The zero-order valence-corrected chi connectivity index (χ0v) is 10.8. The molecule has 0 fully saturated rings. The Balaban J connectivity index is 2.36. The van der Waals surface area contributed by atoms with Gasteiger partial charge in [0.15, 0.2) is 5.78 Å². The highest BCUT2D eigenvalue weighted by Gasteiger charge is 2.12. The fraction of sp³-hybridized carbons (Fsp3) is 0.0625. The second-order valence-electron chi connectivity index (χ2n) is 4.20. The lowest BCUT2D eigenvalue weighted by Gasteiger charge is -2.20. The Kier molecular flexibility index (Phi) is 4.11. The molecule has 0 bridgehead atoms. The highest BCUT2D eigenvalue weighted by atomic mass is 16.1. The third kappa shape index (κ3) is 3.30. The van der Waals surface area contributed by atoms with Gasteiger partial charge in [-0.25, -0.2) is 5.84 Å². The van der Waals surface area contributed by atoms with E-state index in [-0.39, 0.29) is 5.78 Å². The van der Waals surface area contributed by atoms with Gasteiger partial charge < -0.3 is 0 Å². The normalized spacial score (nSPS) is 11.2. The molecule has 19 heavy (non-hydrogen) atoms. The molecule has 0 unspecified atom stereocenters. The van der Waals surface area contributed by atoms with Crippen molar-refractivity contribution in [2.45, 2.75) is 6.92 Å². The summed E-state index contributed by atoms with van der Waals surface area (Å²) in [7, 11) is 0. The zero-order valence-electron chi connectivity index (χ0n) is 10.8. The number of Topliss-reactive ketones (excluding diaryl/α,β-unsaturated/α-hetero) is 1. The number of carbonyl (C=O) groups excluding carboxylic acids is 1. The average molecular weight is 252 g/mol. The molecule has 0 aliphatic heterocycles. The van der Waals surface area contributed by atoms with Crippen LogP contribution in [0.5, 0.6) is 0 Å². The number of rotatable bonds is 4. The molecule has 0 radical (unpaired) electrons. The second-order valence-corrected chi connectivity index (χ2v) is 4.20. The number of nitrogens with zero attached hydrogens (tertiary/aromatic N) is 1. The summed E-state index contributed by atoms with van der Waals surface area (Å²) in [4.78, 5) is 11.8. The van der Waals surface area contributed by atoms with Crippen LogP contribution in [0.2, 0.25) is 0 Å². The molecule has 0 saturated carbocycles. The Morgan fingerprint density at radius 3 is 2.05 bits per heavy atom. The minimum absolute atomic E-state index is 0.0739. The van der Waals surface area contributed by atoms with Crippen LogP contribution in [-0.4, -0.2) is 5.78 Å². The van der Waals surface area contributed by atoms with Crippen molar-refractivity contribution in [2.24, 2.45) is 5.84 Å². The first-order valence-corrected chi connectivity index (χ1v) is 6.06. The van der Waals surface area contributed by atoms with Crippen LogP contribution >= 0.6 is 0 Å². The van der Waals surface area contributed by atoms with Gasteiger partial charge in [0.2, 0.25) is 0 Å². The summed E-state index contributed by atoms with van der Waals surface area (Å²) in [5.41, 5.74) is 2.18. The second kappa shape index (κ2) is 5.98. The number of nitrogens with two attached hydrogens (primary N) is 1. The summed E-state index contributed by atoms with van der Waals surface area (Å²) < 4.78 is 0. The van der Waals surface area contributed by atoms with Crippen molar-refractivity contribution in [3.05, 3.63) is 71.9 Å². The maximum absolute atomic E-state index is 11.8. The van der Waals surface area contributed by atoms with Crippen molar-refractivity contribution in [3.8, 4) is 0 Å². The highest BCUT2D eigenvalue weighted by molar-refractivity contribution is 6.00. The Bertz CT molecular complexity index is 576. The minimum Gasteiger partial charge on any atom is -0.293 e. The molecule has 0 amide bonds. The maximum Gasteiger partial charge on any atom is 0.177 e. The van der Waals surface area contributed by atoms with Crippen LogP contribution in [0.4, 0.5) is 5.69 Å². The number of hydrogen-bond donors (Lipinski definition) is 1. The molecule has 96 valence electrons. The Hall–Kier alpha value is -2.39. The van der Waals surface area contributed by atoms with E-state index in [1.807, 2.05) is 60.7 Å². The molecule has 0 spiro atoms. The van der Waals surface area contributed by atoms with Gasteiger partial charge in [-0.3, -0.25) is 9.80 Å². The predicted molar refractivity (Wildman–Crippen MR) is 78.2 cm³/mol. The molecule has 3 heteroatoms. The van der Waals surface area contributed by atoms with Crippen LogP contribution in [0, 0.1) is 0 Å². The average Bonchev–Trinajstić information content (AvgIpc) is 2.46. The maximum atomic E-state index is 11.8. The van der Waals surface area contributed by atoms with Gasteiger partial charge in [-0.15, -0.1) is 0 Å². The molecule has 2 N–H and O–H groups in total. The molecule has 0 atom stereocenters. The molecule has 0 heterocycles. The van der Waals surface area contributed by atoms with E-state index < -0.39 is 0 Å². The van der Waals surface area contributed by atoms with Crippen molar-refractivity contribution >= 4 is 17.5 Å². The molecule has 0 saturated heterocycles. The van der Waals surface area contributed by atoms with E-state index in [1.165, 1.54) is 11.9 Å². The van der Waals surface area contributed by atoms with Crippen molar-refractivity contribution in [3.63, 3.8) is 0 Å². The first-order chi connectivity index (χ1) is 9.18. The van der Waals surface area contributed by atoms with E-state index in [9.17, 15) is 4.79 Å². The van der Waals surface area contributed by atoms with Gasteiger partial charge in [-0.05, 0) is 23.8 Å². The summed E-state index contributed by atoms with van der Waals surface area (Å²) in [5, 5.41) is 1.41. The van der Waals surface area contributed by atoms with Gasteiger partial charge in [0.05, 0.1) is 5.69 Å². The van der Waals surface area contributed by atoms with Gasteiger partial charge in [-0.2, -0.15) is 0 Å². The molecule has 2 aromatic rings. The Morgan fingerprint density at radius 2 is 1.53 bits per heavy atom. The first kappa shape index (κ1) is 13.1. The number of hydrazine groups is 1. The number of ketones is 1. The summed E-state index contributed by atoms with van der Waals surface area (Å²) in [6.45, 7) is 1.51. The van der Waals surface area contributed by atoms with Crippen molar-refractivity contribution in [1.82, 2.24) is 0 Å². The predicted octanol–water partition coefficient (Wildman–Crippen LogP) is 3.00. The van der Waals surface area contributed by atoms with Gasteiger partial charge in [-0.1, -0.05) is 48.5 Å². The van der Waals surface area contributed by atoms with Crippen LogP contribution in [-0.2, 0) is 4.79 Å². The minimum atomic E-state index is -0.0739. The van der Waals surface area contributed by atoms with Crippen LogP contribution in [0.1, 0.15) is 12.5 Å². The van der Waals surface area contributed by atoms with Crippen LogP contribution in [0.25, 0.3) is 6.08 Å². The Labute approximate surface area is 112 Å². The molecular weight excluding hydrogens is 236 g/mol. The first-order valence-electron chi connectivity index (χ1n) is 6.06. The zero-order chi connectivity index (χ0) is 13.7. The number of carbonyl (C=O) groups is 1. The number of allylic oxidation sites excluding steroid dienone is 1. The quantitative estimate of drug-likeness (QED) is 0.517. The summed E-state index contributed by atoms with van der Waals surface area (Å²) in [6.07, 6.45) is 1.79. The van der Waals surface area contributed by atoms with E-state index in [1.54, 1.807) is 6.08 Å². The third-order valence-electron chi connectivity index (χ3n) is 2.76. The molecule has 2 aromatic carbocycles. The van der Waals surface area contributed by atoms with E-state index in [0.29, 0.717) is 5.70 Å². The lowest BCUT2D eigenvalue weighted by atomic mass is 10.1. The monoisotopic (exact) mass is 252 g/mol. The topological polar surface area (TPSA) is 46.3 Å². The molecule has 3 nitrogen and oxygen atoms in total. The van der Waals surface area contributed by atoms with Crippen LogP contribution < -0.4 is 10.9 Å². The summed E-state index contributed by atoms with van der Waals surface area (Å²) in [5.74, 6) is 5.96. The van der Waals surface area contributed by atoms with Gasteiger partial charge in [0, 0.05) is 6.92 Å². The lowest BCUT2D eigenvalue weighted by Crippen LogP contribution is -2.33. The number of para-hydroxylation sites is 1. The van der Waals surface area contributed by atoms with Crippen molar-refractivity contribution in [2.75, 3.05) is 5.01 Å². The molecule has 0 aromatic heterocycles. The SMILES string of the molecule is CC(=O)C(=Cc1ccccc1)N(N)c1ccccc1. The van der Waals surface area contributed by atoms with E-state index in [2.05, 4.69) is 0 Å². The van der Waals surface area contributed by atoms with Crippen LogP contribution in [0.3, 0.4) is 0 Å². The third-order valence-corrected chi connectivity index (χ3v) is 2.76. The summed E-state index contributed by atoms with van der Waals surface area (Å²) in [6, 6.07) is 19.0. The van der Waals surface area contributed by atoms with E-state index in [0.717, 1.165) is 11.3 Å². The smallest absolute Gasteiger partial charge is 0.177 e. The van der Waals surface area contributed by atoms with Crippen molar-refractivity contribution < 1.29 is 4.79 Å². The fourth-order valence-electron chi connectivity index (χ4n) is 1.78. The Morgan fingerprint density at radius 1 is 1.00 bits per heavy atom. The van der Waals surface area contributed by atoms with Crippen molar-refractivity contribution in [1.29, 1.82) is 0 Å². The van der Waals surface area contributed by atoms with Gasteiger partial charge in [0.25, 0.3) is 0 Å². The van der Waals surface area contributed by atoms with Crippen LogP contribution in [0.15, 0.2) is 66.4 Å². The standard InChI is InChI=1S/C16H16N2O/c1-13(19)16(12-14-8-4-2-5-9-14)18(17)15-10-6-3-7-11-15/h2-12H,17H2,1H3. The van der Waals surface area contributed by atoms with E-state index in [4.69, 9.17) is 5.84 Å². The van der Waals surface area contributed by atoms with Gasteiger partial charge >= 0.3 is 0 Å². The lowest BCUT2D eigenvalue weighted by molar-refractivity contribution is -0.113. The molecule has 0 aliphatic carbocycles. The largest absolute Gasteiger partial charge is 0.293 e. The number of hydrogen-bond acceptors (Lipinski definition) is 3. The molecule has 0 aliphatic rings. The van der Waals surface area contributed by atoms with E-state index >= 15 is 0 Å². The fourth-order valence-corrected chi connectivity index (χ4v) is 1.78. The molecule has 2 rings (SSSR count).